The third-order valence-corrected chi connectivity index (χ3v) is 19.3. The van der Waals surface area contributed by atoms with Gasteiger partial charge in [-0.1, -0.05) is 114 Å². The van der Waals surface area contributed by atoms with Crippen molar-refractivity contribution in [1.29, 1.82) is 0 Å². The van der Waals surface area contributed by atoms with E-state index in [0.29, 0.717) is 30.6 Å². The molecule has 4 aromatic carbocycles. The fourth-order valence-electron chi connectivity index (χ4n) is 12.5. The Bertz CT molecular complexity index is 3690. The molecule has 6 aliphatic rings. The molecule has 3 N–H and O–H groups in total. The standard InChI is InChI=1S/C30H33N3O6S.C29H31N3O6S.2CH4/c1-38-30(35)23-17-21-9-5-6-10-24(21)28-27(20-7-3-2-4-8-20)25-12-11-22(18-26(25)33(28)19-23)29(34)31-40(36,37)32-13-15-39-16-14-32;33-28(30-39(36,37)31-12-14-38-15-13-31)21-10-11-24-25(17-21)32-18-22(29(34)35)16-20-8-4-5-9-23(20)27(32)26(24)19-6-2-1-3-7-19;;/h5-6,9-12,17-18,20H,2-4,7-8,13-16,19H2,1H3,(H,31,34);4-5,8-11,16-17,19H,1-3,6-7,12-15,18H2,(H,30,33)(H,34,35);2*1H4. The zero-order chi connectivity index (χ0) is 55.0. The highest BCUT2D eigenvalue weighted by Gasteiger charge is 2.34. The van der Waals surface area contributed by atoms with E-state index >= 15 is 0 Å². The van der Waals surface area contributed by atoms with Crippen LogP contribution in [0, 0.1) is 0 Å². The zero-order valence-corrected chi connectivity index (χ0v) is 45.7. The maximum absolute atomic E-state index is 13.3. The number of morpholine rings is 2. The molecule has 2 aliphatic carbocycles. The number of carbonyl (C=O) groups excluding carboxylic acids is 3. The van der Waals surface area contributed by atoms with E-state index < -0.39 is 44.2 Å². The number of carboxylic acid groups (broad SMARTS) is 1. The second-order valence-corrected chi connectivity index (χ2v) is 24.4. The van der Waals surface area contributed by atoms with Crippen molar-refractivity contribution in [3.63, 3.8) is 0 Å². The van der Waals surface area contributed by atoms with Crippen LogP contribution in [0.4, 0.5) is 0 Å². The van der Waals surface area contributed by atoms with Gasteiger partial charge >= 0.3 is 32.4 Å². The number of methoxy groups -OCH3 is 1. The summed E-state index contributed by atoms with van der Waals surface area (Å²) in [6.07, 6.45) is 14.9. The Balaban J connectivity index is 0.000000191. The van der Waals surface area contributed by atoms with Gasteiger partial charge in [-0.2, -0.15) is 25.4 Å². The number of carboxylic acids is 1. The molecule has 12 rings (SSSR count). The lowest BCUT2D eigenvalue weighted by molar-refractivity contribution is -0.136. The number of nitrogens with zero attached hydrogens (tertiary/aromatic N) is 4. The fraction of sp³-hybridized carbons (Fsp3) is 0.410. The van der Waals surface area contributed by atoms with Crippen LogP contribution in [0.1, 0.15) is 134 Å². The van der Waals surface area contributed by atoms with Crippen LogP contribution in [0.15, 0.2) is 96.1 Å². The largest absolute Gasteiger partial charge is 0.478 e. The van der Waals surface area contributed by atoms with Crippen LogP contribution in [0.2, 0.25) is 0 Å². The van der Waals surface area contributed by atoms with Crippen molar-refractivity contribution in [1.82, 2.24) is 27.2 Å². The summed E-state index contributed by atoms with van der Waals surface area (Å²) in [6, 6.07) is 26.5. The highest BCUT2D eigenvalue weighted by Crippen LogP contribution is 2.48. The topological polar surface area (TPSA) is 225 Å². The van der Waals surface area contributed by atoms with Gasteiger partial charge in [0.2, 0.25) is 0 Å². The summed E-state index contributed by atoms with van der Waals surface area (Å²) in [5.41, 5.74) is 10.9. The molecule has 4 aliphatic heterocycles. The summed E-state index contributed by atoms with van der Waals surface area (Å²) in [4.78, 5) is 51.5. The Morgan fingerprint density at radius 1 is 0.556 bits per heavy atom. The first kappa shape index (κ1) is 58.7. The Hall–Kier alpha value is -6.94. The molecule has 0 bridgehead atoms. The lowest BCUT2D eigenvalue weighted by atomic mass is 9.81. The smallest absolute Gasteiger partial charge is 0.335 e. The quantitative estimate of drug-likeness (QED) is 0.109. The van der Waals surface area contributed by atoms with Crippen molar-refractivity contribution in [2.45, 2.75) is 104 Å². The maximum Gasteiger partial charge on any atom is 0.335 e. The number of fused-ring (bicyclic) bond motifs is 10. The summed E-state index contributed by atoms with van der Waals surface area (Å²) in [6.45, 7) is 2.31. The summed E-state index contributed by atoms with van der Waals surface area (Å²) < 4.78 is 78.0. The zero-order valence-electron chi connectivity index (χ0n) is 44.1. The number of carbonyl (C=O) groups is 4. The van der Waals surface area contributed by atoms with E-state index in [1.165, 1.54) is 39.7 Å². The van der Waals surface area contributed by atoms with Crippen LogP contribution < -0.4 is 9.44 Å². The van der Waals surface area contributed by atoms with Crippen molar-refractivity contribution >= 4 is 78.1 Å². The predicted octanol–water partition coefficient (Wildman–Crippen LogP) is 9.65. The Morgan fingerprint density at radius 3 is 1.36 bits per heavy atom. The number of hydrogen-bond donors (Lipinski definition) is 3. The summed E-state index contributed by atoms with van der Waals surface area (Å²) in [7, 11) is -6.65. The number of rotatable bonds is 10. The minimum atomic E-state index is -4.02. The number of hydrogen-bond acceptors (Lipinski definition) is 11. The van der Waals surface area contributed by atoms with E-state index in [1.54, 1.807) is 30.3 Å². The molecule has 20 heteroatoms. The van der Waals surface area contributed by atoms with Crippen molar-refractivity contribution in [2.24, 2.45) is 0 Å². The lowest BCUT2D eigenvalue weighted by Gasteiger charge is -2.25. The molecular formula is C61H72N6O12S2. The summed E-state index contributed by atoms with van der Waals surface area (Å²) >= 11 is 0. The molecule has 4 fully saturated rings. The van der Waals surface area contributed by atoms with Gasteiger partial charge in [-0.15, -0.1) is 0 Å². The van der Waals surface area contributed by atoms with Crippen LogP contribution in [-0.2, 0) is 57.3 Å². The molecule has 2 amide bonds. The molecule has 81 heavy (non-hydrogen) atoms. The van der Waals surface area contributed by atoms with E-state index in [4.69, 9.17) is 14.2 Å². The number of esters is 1. The number of ether oxygens (including phenoxy) is 3. The minimum Gasteiger partial charge on any atom is -0.478 e. The van der Waals surface area contributed by atoms with Crippen LogP contribution in [0.3, 0.4) is 0 Å². The average molecular weight is 1150 g/mol. The van der Waals surface area contributed by atoms with Crippen LogP contribution >= 0.6 is 0 Å². The van der Waals surface area contributed by atoms with Crippen molar-refractivity contribution in [3.8, 4) is 22.5 Å². The van der Waals surface area contributed by atoms with Gasteiger partial charge in [0.05, 0.1) is 69.2 Å². The molecule has 6 heterocycles. The van der Waals surface area contributed by atoms with E-state index in [1.807, 2.05) is 65.2 Å². The van der Waals surface area contributed by atoms with Gasteiger partial charge in [-0.25, -0.2) is 19.0 Å². The van der Waals surface area contributed by atoms with Gasteiger partial charge in [0.1, 0.15) is 0 Å². The monoisotopic (exact) mass is 1140 g/mol. The first-order valence-corrected chi connectivity index (χ1v) is 30.1. The van der Waals surface area contributed by atoms with Gasteiger partial charge in [-0.05, 0) is 96.2 Å². The van der Waals surface area contributed by atoms with Gasteiger partial charge in [0.15, 0.2) is 0 Å². The predicted molar refractivity (Wildman–Crippen MR) is 313 cm³/mol. The molecule has 0 unspecified atom stereocenters. The Labute approximate surface area is 474 Å². The van der Waals surface area contributed by atoms with E-state index in [-0.39, 0.29) is 84.0 Å². The van der Waals surface area contributed by atoms with Crippen molar-refractivity contribution in [3.05, 3.63) is 129 Å². The highest BCUT2D eigenvalue weighted by atomic mass is 32.2. The number of amides is 2. The molecule has 18 nitrogen and oxygen atoms in total. The van der Waals surface area contributed by atoms with Crippen molar-refractivity contribution in [2.75, 3.05) is 59.7 Å². The Morgan fingerprint density at radius 2 is 0.951 bits per heavy atom. The third-order valence-electron chi connectivity index (χ3n) is 16.3. The maximum atomic E-state index is 13.3. The van der Waals surface area contributed by atoms with Crippen LogP contribution in [0.25, 0.3) is 56.5 Å². The second-order valence-electron chi connectivity index (χ2n) is 21.0. The lowest BCUT2D eigenvalue weighted by Crippen LogP contribution is -2.48. The molecule has 0 atom stereocenters. The fourth-order valence-corrected chi connectivity index (χ4v) is 14.7. The van der Waals surface area contributed by atoms with E-state index in [2.05, 4.69) is 20.1 Å². The van der Waals surface area contributed by atoms with E-state index in [9.17, 15) is 41.1 Å². The second kappa shape index (κ2) is 24.6. The number of nitrogens with one attached hydrogen (secondary N) is 2. The van der Waals surface area contributed by atoms with Gasteiger partial charge in [0.25, 0.3) is 11.8 Å². The minimum absolute atomic E-state index is 0. The molecule has 430 valence electrons. The number of aliphatic carboxylic acids is 1. The SMILES string of the molecule is C.C.COC(=O)C1=Cc2ccccc2-c2c(C3CCCCC3)c3ccc(C(=O)NS(=O)(=O)N4CCOCC4)cc3n2C1.O=C(O)C1=Cc2ccccc2-c2c(C3CCCCC3)c3ccc(C(=O)NS(=O)(=O)N4CCOCC4)cc3n2C1. The highest BCUT2D eigenvalue weighted by molar-refractivity contribution is 7.88. The molecule has 2 saturated carbocycles. The molecule has 0 radical (unpaired) electrons. The third kappa shape index (κ3) is 11.8. The van der Waals surface area contributed by atoms with Gasteiger partial charge < -0.3 is 28.5 Å². The average Bonchev–Trinajstić information content (AvgIpc) is 2.65. The normalized spacial score (nSPS) is 18.0. The van der Waals surface area contributed by atoms with Gasteiger partial charge in [-0.3, -0.25) is 9.59 Å². The summed E-state index contributed by atoms with van der Waals surface area (Å²) in [5.74, 6) is -2.15. The van der Waals surface area contributed by atoms with Crippen LogP contribution in [0.5, 0.6) is 0 Å². The molecular weight excluding hydrogens is 1070 g/mol. The van der Waals surface area contributed by atoms with Crippen molar-refractivity contribution < 1.29 is 55.3 Å². The number of benzene rings is 4. The van der Waals surface area contributed by atoms with Gasteiger partial charge in [0, 0.05) is 70.2 Å². The van der Waals surface area contributed by atoms with E-state index in [0.717, 1.165) is 107 Å². The molecule has 2 aromatic heterocycles. The molecule has 6 aromatic rings. The Kier molecular flexibility index (Phi) is 17.9. The van der Waals surface area contributed by atoms with Crippen LogP contribution in [-0.4, -0.2) is 123 Å². The first-order chi connectivity index (χ1) is 38.2. The molecule has 2 saturated heterocycles. The first-order valence-electron chi connectivity index (χ1n) is 27.2. The summed E-state index contributed by atoms with van der Waals surface area (Å²) in [5, 5.41) is 12.0. The molecule has 0 spiro atoms. The number of aromatic nitrogens is 2.